The van der Waals surface area contributed by atoms with Crippen LogP contribution in [0.1, 0.15) is 106 Å². The number of amides is 2. The van der Waals surface area contributed by atoms with E-state index in [0.717, 1.165) is 62.6 Å². The van der Waals surface area contributed by atoms with Crippen molar-refractivity contribution in [2.45, 2.75) is 152 Å². The highest BCUT2D eigenvalue weighted by Gasteiger charge is 2.47. The molecule has 4 aromatic carbocycles. The van der Waals surface area contributed by atoms with Gasteiger partial charge in [0.1, 0.15) is 0 Å². The van der Waals surface area contributed by atoms with Gasteiger partial charge in [0.25, 0.3) is 0 Å². The molecule has 8 atom stereocenters. The number of nitrogens with zero attached hydrogens (tertiary/aromatic N) is 6. The van der Waals surface area contributed by atoms with Gasteiger partial charge in [-0.2, -0.15) is 10.5 Å². The lowest BCUT2D eigenvalue weighted by molar-refractivity contribution is -0.142. The van der Waals surface area contributed by atoms with Crippen LogP contribution in [0.3, 0.4) is 0 Å². The Morgan fingerprint density at radius 3 is 1.46 bits per heavy atom. The highest BCUT2D eigenvalue weighted by molar-refractivity contribution is 6.42. The Balaban J connectivity index is 0.000000216. The van der Waals surface area contributed by atoms with Gasteiger partial charge >= 0.3 is 0 Å². The third kappa shape index (κ3) is 15.2. The summed E-state index contributed by atoms with van der Waals surface area (Å²) < 4.78 is 0. The molecular weight excluding hydrogens is 1010 g/mol. The molecular formula is C59H69Cl4N7O4. The molecule has 4 aromatic rings. The van der Waals surface area contributed by atoms with Crippen LogP contribution in [0.2, 0.25) is 20.1 Å². The molecule has 392 valence electrons. The maximum atomic E-state index is 13.9. The summed E-state index contributed by atoms with van der Waals surface area (Å²) in [6.45, 7) is 4.87. The van der Waals surface area contributed by atoms with Crippen LogP contribution in [0.5, 0.6) is 0 Å². The van der Waals surface area contributed by atoms with Gasteiger partial charge in [-0.3, -0.25) is 29.0 Å². The largest absolute Gasteiger partial charge is 0.331 e. The summed E-state index contributed by atoms with van der Waals surface area (Å²) in [6.07, 6.45) is 9.62. The smallest absolute Gasteiger partial charge is 0.240 e. The molecule has 8 rings (SSSR count). The lowest BCUT2D eigenvalue weighted by atomic mass is 9.97. The van der Waals surface area contributed by atoms with E-state index in [2.05, 4.69) is 65.3 Å². The first-order chi connectivity index (χ1) is 35.7. The highest BCUT2D eigenvalue weighted by atomic mass is 35.5. The van der Waals surface area contributed by atoms with Crippen molar-refractivity contribution in [2.75, 3.05) is 26.2 Å². The molecule has 0 radical (unpaired) electrons. The standard InChI is InChI=1S/C30H35Cl2N3O2.C29H34Cl2N4O2/c1-21-18-28-30(37)34(17-15-24(35(28)20-21)12-9-22-6-3-2-4-7-22)27(8-5-16-33)29(36)14-11-23-10-13-25(31)26(32)19-23;30-24-12-9-21(17-25(24)31)10-13-28(36)26(7-4-15-32)34-16-14-23(11-8-20-5-2-1-3-6-20)35-19-22(33)18-27(35)29(34)37/h2-4,6-7,10,13,19,21,24,27-28H,5,8-9,11-12,14-15,17-18,20H2,1H3;1-3,5-6,9,12,17,22-23,26-27H,4,7-8,10-11,13-14,16,18-19,33H2/t21-,24?,27-,28+;22-,23?,26-,27+/m11/s1. The number of Topliss-reactive ketones (excluding diaryl/α,β-unsaturated/α-hetero) is 2. The Labute approximate surface area is 457 Å². The minimum atomic E-state index is -0.610. The number of carbonyl (C=O) groups excluding carboxylic acids is 4. The van der Waals surface area contributed by atoms with Gasteiger partial charge in [0, 0.05) is 70.0 Å². The monoisotopic (exact) mass is 1080 g/mol. The van der Waals surface area contributed by atoms with E-state index < -0.39 is 12.1 Å². The quantitative estimate of drug-likeness (QED) is 0.0910. The van der Waals surface area contributed by atoms with Crippen LogP contribution in [0.15, 0.2) is 97.1 Å². The Hall–Kier alpha value is -4.82. The number of nitrogens with two attached hydrogens (primary N) is 1. The molecule has 74 heavy (non-hydrogen) atoms. The summed E-state index contributed by atoms with van der Waals surface area (Å²) in [5.74, 6) is 0.454. The Morgan fingerprint density at radius 2 is 1.03 bits per heavy atom. The van der Waals surface area contributed by atoms with Gasteiger partial charge in [0.05, 0.1) is 56.4 Å². The van der Waals surface area contributed by atoms with Crippen LogP contribution in [0.4, 0.5) is 0 Å². The number of carbonyl (C=O) groups is 4. The first-order valence-corrected chi connectivity index (χ1v) is 27.9. The zero-order chi connectivity index (χ0) is 52.7. The van der Waals surface area contributed by atoms with Crippen molar-refractivity contribution in [3.63, 3.8) is 0 Å². The third-order valence-electron chi connectivity index (χ3n) is 15.5. The molecule has 2 unspecified atom stereocenters. The van der Waals surface area contributed by atoms with Crippen molar-refractivity contribution >= 4 is 69.8 Å². The number of hydrogen-bond acceptors (Lipinski definition) is 9. The lowest BCUT2D eigenvalue weighted by Crippen LogP contribution is -2.50. The van der Waals surface area contributed by atoms with Gasteiger partial charge in [0.2, 0.25) is 11.8 Å². The highest BCUT2D eigenvalue weighted by Crippen LogP contribution is 2.35. The topological polar surface area (TPSA) is 155 Å². The second kappa shape index (κ2) is 27.8. The van der Waals surface area contributed by atoms with E-state index in [9.17, 15) is 29.7 Å². The van der Waals surface area contributed by atoms with Crippen molar-refractivity contribution in [1.29, 1.82) is 10.5 Å². The van der Waals surface area contributed by atoms with Gasteiger partial charge in [-0.1, -0.05) is 126 Å². The number of nitriles is 2. The van der Waals surface area contributed by atoms with Gasteiger partial charge in [-0.15, -0.1) is 0 Å². The fourth-order valence-corrected chi connectivity index (χ4v) is 12.3. The van der Waals surface area contributed by atoms with Crippen molar-refractivity contribution in [3.8, 4) is 12.1 Å². The van der Waals surface area contributed by atoms with E-state index in [1.54, 1.807) is 29.2 Å². The van der Waals surface area contributed by atoms with Gasteiger partial charge in [0.15, 0.2) is 11.6 Å². The van der Waals surface area contributed by atoms with Crippen LogP contribution in [0.25, 0.3) is 0 Å². The average molecular weight is 1080 g/mol. The lowest BCUT2D eigenvalue weighted by Gasteiger charge is -2.32. The van der Waals surface area contributed by atoms with E-state index >= 15 is 0 Å². The molecule has 0 aromatic heterocycles. The molecule has 2 amide bonds. The molecule has 4 aliphatic heterocycles. The van der Waals surface area contributed by atoms with E-state index in [0.29, 0.717) is 90.2 Å². The summed E-state index contributed by atoms with van der Waals surface area (Å²) in [5.41, 5.74) is 10.8. The SMILES string of the molecule is C[C@@H]1C[C@H]2C(=O)N([C@H](CCC#N)C(=O)CCc3ccc(Cl)c(Cl)c3)CCC(CCc3ccccc3)N2C1.N#CCC[C@H](C(=O)CCc1ccc(Cl)c(Cl)c1)N1CCC(CCc2ccccc2)N2C[C@H](N)C[C@H]2C1=O. The number of fused-ring (bicyclic) bond motifs is 2. The first kappa shape index (κ1) is 56.9. The van der Waals surface area contributed by atoms with E-state index in [-0.39, 0.29) is 66.8 Å². The normalized spacial score (nSPS) is 22.8. The minimum absolute atomic E-state index is 0.00926. The molecule has 4 heterocycles. The van der Waals surface area contributed by atoms with Crippen molar-refractivity contribution in [3.05, 3.63) is 139 Å². The van der Waals surface area contributed by atoms with Gasteiger partial charge < -0.3 is 15.5 Å². The number of ketones is 2. The van der Waals surface area contributed by atoms with Crippen LogP contribution < -0.4 is 5.73 Å². The molecule has 11 nitrogen and oxygen atoms in total. The van der Waals surface area contributed by atoms with E-state index in [4.69, 9.17) is 52.1 Å². The van der Waals surface area contributed by atoms with Gasteiger partial charge in [-0.25, -0.2) is 0 Å². The molecule has 0 bridgehead atoms. The molecule has 4 fully saturated rings. The van der Waals surface area contributed by atoms with E-state index in [1.807, 2.05) is 41.3 Å². The zero-order valence-corrected chi connectivity index (χ0v) is 45.4. The van der Waals surface area contributed by atoms with Crippen LogP contribution in [-0.2, 0) is 44.9 Å². The maximum Gasteiger partial charge on any atom is 0.240 e. The number of halogens is 4. The van der Waals surface area contributed by atoms with Crippen molar-refractivity contribution in [2.24, 2.45) is 11.7 Å². The minimum Gasteiger partial charge on any atom is -0.331 e. The molecule has 0 aliphatic carbocycles. The number of aryl methyl sites for hydroxylation is 4. The summed E-state index contributed by atoms with van der Waals surface area (Å²) in [6, 6.07) is 34.7. The number of rotatable bonds is 20. The van der Waals surface area contributed by atoms with E-state index in [1.165, 1.54) is 11.1 Å². The fraction of sp³-hybridized carbons (Fsp3) is 0.492. The third-order valence-corrected chi connectivity index (χ3v) is 16.9. The van der Waals surface area contributed by atoms with Crippen molar-refractivity contribution < 1.29 is 19.2 Å². The zero-order valence-electron chi connectivity index (χ0n) is 42.4. The second-order valence-electron chi connectivity index (χ2n) is 20.6. The summed E-state index contributed by atoms with van der Waals surface area (Å²) >= 11 is 24.3. The molecule has 4 saturated heterocycles. The predicted octanol–water partition coefficient (Wildman–Crippen LogP) is 10.9. The number of hydrogen-bond donors (Lipinski definition) is 1. The summed E-state index contributed by atoms with van der Waals surface area (Å²) in [5, 5.41) is 20.4. The first-order valence-electron chi connectivity index (χ1n) is 26.4. The molecule has 15 heteroatoms. The van der Waals surface area contributed by atoms with Crippen LogP contribution in [-0.4, -0.2) is 111 Å². The summed E-state index contributed by atoms with van der Waals surface area (Å²) in [4.78, 5) is 62.9. The summed E-state index contributed by atoms with van der Waals surface area (Å²) in [7, 11) is 0. The molecule has 4 aliphatic rings. The van der Waals surface area contributed by atoms with Crippen molar-refractivity contribution in [1.82, 2.24) is 19.6 Å². The maximum absolute atomic E-state index is 13.9. The Morgan fingerprint density at radius 1 is 0.595 bits per heavy atom. The average Bonchev–Trinajstić information content (AvgIpc) is 3.93. The van der Waals surface area contributed by atoms with Crippen LogP contribution >= 0.6 is 46.4 Å². The molecule has 2 N–H and O–H groups in total. The Kier molecular flexibility index (Phi) is 21.4. The number of benzene rings is 4. The van der Waals surface area contributed by atoms with Gasteiger partial charge in [-0.05, 0) is 129 Å². The fourth-order valence-electron chi connectivity index (χ4n) is 11.6. The predicted molar refractivity (Wildman–Crippen MR) is 294 cm³/mol. The molecule has 0 spiro atoms. The Bertz CT molecular complexity index is 2450. The van der Waals surface area contributed by atoms with Crippen LogP contribution in [0, 0.1) is 28.6 Å². The molecule has 0 saturated carbocycles. The second-order valence-corrected chi connectivity index (χ2v) is 22.2.